The lowest BCUT2D eigenvalue weighted by Gasteiger charge is -2.25. The summed E-state index contributed by atoms with van der Waals surface area (Å²) in [7, 11) is 0. The molecular formula is C24H19NO3. The van der Waals surface area contributed by atoms with E-state index in [0.29, 0.717) is 11.3 Å². The molecule has 0 saturated carbocycles. The van der Waals surface area contributed by atoms with E-state index in [1.807, 2.05) is 55.5 Å². The molecule has 1 N–H and O–H groups in total. The van der Waals surface area contributed by atoms with Crippen LogP contribution in [-0.4, -0.2) is 16.8 Å². The van der Waals surface area contributed by atoms with E-state index in [0.717, 1.165) is 11.1 Å². The zero-order chi connectivity index (χ0) is 19.7. The molecule has 4 nitrogen and oxygen atoms in total. The van der Waals surface area contributed by atoms with Crippen LogP contribution in [0.15, 0.2) is 90.5 Å². The molecule has 0 radical (unpaired) electrons. The lowest BCUT2D eigenvalue weighted by atomic mass is 9.94. The maximum absolute atomic E-state index is 12.9. The smallest absolute Gasteiger partial charge is 0.300 e. The Morgan fingerprint density at radius 2 is 1.39 bits per heavy atom. The van der Waals surface area contributed by atoms with Gasteiger partial charge in [-0.15, -0.1) is 0 Å². The first kappa shape index (κ1) is 17.7. The molecule has 28 heavy (non-hydrogen) atoms. The van der Waals surface area contributed by atoms with Crippen LogP contribution < -0.4 is 4.90 Å². The maximum atomic E-state index is 12.9. The second-order valence-corrected chi connectivity index (χ2v) is 6.78. The molecule has 0 aliphatic carbocycles. The van der Waals surface area contributed by atoms with Gasteiger partial charge in [0.15, 0.2) is 0 Å². The van der Waals surface area contributed by atoms with Crippen molar-refractivity contribution >= 4 is 23.1 Å². The van der Waals surface area contributed by atoms with Crippen molar-refractivity contribution in [3.8, 4) is 0 Å². The number of aliphatic hydroxyl groups is 1. The number of rotatable bonds is 3. The monoisotopic (exact) mass is 369 g/mol. The highest BCUT2D eigenvalue weighted by Crippen LogP contribution is 2.42. The number of benzene rings is 3. The largest absolute Gasteiger partial charge is 0.507 e. The van der Waals surface area contributed by atoms with Crippen molar-refractivity contribution in [1.29, 1.82) is 0 Å². The Morgan fingerprint density at radius 3 is 2.00 bits per heavy atom. The van der Waals surface area contributed by atoms with E-state index in [2.05, 4.69) is 0 Å². The van der Waals surface area contributed by atoms with Crippen molar-refractivity contribution in [3.63, 3.8) is 0 Å². The normalized spacial score (nSPS) is 18.5. The van der Waals surface area contributed by atoms with Crippen LogP contribution in [-0.2, 0) is 9.59 Å². The van der Waals surface area contributed by atoms with Crippen molar-refractivity contribution in [2.75, 3.05) is 4.90 Å². The van der Waals surface area contributed by atoms with Crippen molar-refractivity contribution < 1.29 is 14.7 Å². The quantitative estimate of drug-likeness (QED) is 0.416. The topological polar surface area (TPSA) is 57.6 Å². The highest BCUT2D eigenvalue weighted by Gasteiger charge is 2.46. The lowest BCUT2D eigenvalue weighted by Crippen LogP contribution is -2.29. The van der Waals surface area contributed by atoms with Crippen LogP contribution in [0.1, 0.15) is 22.7 Å². The Kier molecular flexibility index (Phi) is 4.53. The molecule has 4 heteroatoms. The Labute approximate surface area is 163 Å². The minimum Gasteiger partial charge on any atom is -0.507 e. The average molecular weight is 369 g/mol. The van der Waals surface area contributed by atoms with Gasteiger partial charge in [-0.25, -0.2) is 0 Å². The summed E-state index contributed by atoms with van der Waals surface area (Å²) in [4.78, 5) is 27.3. The first-order valence-electron chi connectivity index (χ1n) is 9.06. The zero-order valence-electron chi connectivity index (χ0n) is 15.4. The summed E-state index contributed by atoms with van der Waals surface area (Å²) in [6, 6.07) is 24.8. The molecule has 0 aromatic heterocycles. The van der Waals surface area contributed by atoms with Crippen LogP contribution in [0.3, 0.4) is 0 Å². The van der Waals surface area contributed by atoms with Gasteiger partial charge in [0.05, 0.1) is 11.6 Å². The van der Waals surface area contributed by atoms with Gasteiger partial charge in [-0.1, -0.05) is 78.4 Å². The number of carbonyl (C=O) groups is 2. The fourth-order valence-corrected chi connectivity index (χ4v) is 3.50. The Balaban J connectivity index is 1.95. The summed E-state index contributed by atoms with van der Waals surface area (Å²) in [6.07, 6.45) is 0. The van der Waals surface area contributed by atoms with E-state index >= 15 is 0 Å². The number of hydrogen-bond acceptors (Lipinski definition) is 3. The summed E-state index contributed by atoms with van der Waals surface area (Å²) in [5.41, 5.74) is 3.06. The van der Waals surface area contributed by atoms with Gasteiger partial charge in [-0.3, -0.25) is 14.5 Å². The number of Topliss-reactive ketones (excluding diaryl/α,β-unsaturated/α-hetero) is 1. The molecule has 1 heterocycles. The van der Waals surface area contributed by atoms with Crippen LogP contribution in [0.2, 0.25) is 0 Å². The van der Waals surface area contributed by atoms with E-state index in [9.17, 15) is 14.7 Å². The number of nitrogens with zero attached hydrogens (tertiary/aromatic N) is 1. The van der Waals surface area contributed by atoms with E-state index in [1.165, 1.54) is 4.90 Å². The third-order valence-corrected chi connectivity index (χ3v) is 4.92. The molecule has 1 aliphatic rings. The third-order valence-electron chi connectivity index (χ3n) is 4.92. The fraction of sp³-hybridized carbons (Fsp3) is 0.0833. The molecule has 0 spiro atoms. The number of carbonyl (C=O) groups excluding carboxylic acids is 2. The fourth-order valence-electron chi connectivity index (χ4n) is 3.50. The Bertz CT molecular complexity index is 1050. The number of hydrogen-bond donors (Lipinski definition) is 1. The van der Waals surface area contributed by atoms with Crippen molar-refractivity contribution in [2.45, 2.75) is 13.0 Å². The van der Waals surface area contributed by atoms with Gasteiger partial charge in [0.2, 0.25) is 0 Å². The second-order valence-electron chi connectivity index (χ2n) is 6.78. The van der Waals surface area contributed by atoms with Crippen molar-refractivity contribution in [1.82, 2.24) is 0 Å². The predicted molar refractivity (Wildman–Crippen MR) is 109 cm³/mol. The molecule has 3 aromatic carbocycles. The third kappa shape index (κ3) is 2.99. The predicted octanol–water partition coefficient (Wildman–Crippen LogP) is 4.62. The SMILES string of the molecule is Cc1ccc([C@H]2C(=C(O)c3ccccc3)C(=O)C(=O)N2c2ccccc2)cc1. The molecule has 1 aliphatic heterocycles. The molecule has 1 saturated heterocycles. The van der Waals surface area contributed by atoms with Crippen LogP contribution in [0.25, 0.3) is 5.76 Å². The van der Waals surface area contributed by atoms with Crippen LogP contribution in [0, 0.1) is 6.92 Å². The minimum atomic E-state index is -0.691. The molecule has 0 unspecified atom stereocenters. The van der Waals surface area contributed by atoms with E-state index in [-0.39, 0.29) is 11.3 Å². The number of aliphatic hydroxyl groups excluding tert-OH is 1. The van der Waals surface area contributed by atoms with E-state index < -0.39 is 17.7 Å². The number of ketones is 1. The molecule has 3 aromatic rings. The van der Waals surface area contributed by atoms with Gasteiger partial charge < -0.3 is 5.11 Å². The van der Waals surface area contributed by atoms with Gasteiger partial charge in [0, 0.05) is 11.3 Å². The van der Waals surface area contributed by atoms with Gasteiger partial charge in [-0.05, 0) is 24.6 Å². The molecular weight excluding hydrogens is 350 g/mol. The number of anilines is 1. The molecule has 1 fully saturated rings. The first-order valence-corrected chi connectivity index (χ1v) is 9.06. The van der Waals surface area contributed by atoms with Gasteiger partial charge in [0.1, 0.15) is 5.76 Å². The number of amides is 1. The Hall–Kier alpha value is -3.66. The van der Waals surface area contributed by atoms with Gasteiger partial charge in [0.25, 0.3) is 11.7 Å². The molecule has 138 valence electrons. The maximum Gasteiger partial charge on any atom is 0.300 e. The highest BCUT2D eigenvalue weighted by atomic mass is 16.3. The molecule has 4 rings (SSSR count). The number of para-hydroxylation sites is 1. The molecule has 0 bridgehead atoms. The summed E-state index contributed by atoms with van der Waals surface area (Å²) < 4.78 is 0. The summed E-state index contributed by atoms with van der Waals surface area (Å²) in [6.45, 7) is 1.97. The second kappa shape index (κ2) is 7.16. The van der Waals surface area contributed by atoms with Gasteiger partial charge >= 0.3 is 0 Å². The Morgan fingerprint density at radius 1 is 0.821 bits per heavy atom. The van der Waals surface area contributed by atoms with Crippen molar-refractivity contribution in [3.05, 3.63) is 107 Å². The van der Waals surface area contributed by atoms with E-state index in [4.69, 9.17) is 0 Å². The van der Waals surface area contributed by atoms with Crippen LogP contribution in [0.4, 0.5) is 5.69 Å². The first-order chi connectivity index (χ1) is 13.6. The molecule has 1 amide bonds. The average Bonchev–Trinajstić information content (AvgIpc) is 3.00. The number of aryl methyl sites for hydroxylation is 1. The highest BCUT2D eigenvalue weighted by molar-refractivity contribution is 6.51. The molecule has 1 atom stereocenters. The summed E-state index contributed by atoms with van der Waals surface area (Å²) in [5, 5.41) is 10.9. The van der Waals surface area contributed by atoms with Crippen LogP contribution >= 0.6 is 0 Å². The van der Waals surface area contributed by atoms with Crippen molar-refractivity contribution in [2.24, 2.45) is 0 Å². The standard InChI is InChI=1S/C24H19NO3/c1-16-12-14-17(15-13-16)21-20(22(26)18-8-4-2-5-9-18)23(27)24(28)25(21)19-10-6-3-7-11-19/h2-15,21,26H,1H3/t21-/m0/s1. The summed E-state index contributed by atoms with van der Waals surface area (Å²) >= 11 is 0. The minimum absolute atomic E-state index is 0.101. The zero-order valence-corrected chi connectivity index (χ0v) is 15.4. The summed E-state index contributed by atoms with van der Waals surface area (Å²) in [5.74, 6) is -1.49. The lowest BCUT2D eigenvalue weighted by molar-refractivity contribution is -0.132. The van der Waals surface area contributed by atoms with Gasteiger partial charge in [-0.2, -0.15) is 0 Å². The van der Waals surface area contributed by atoms with Crippen LogP contribution in [0.5, 0.6) is 0 Å². The van der Waals surface area contributed by atoms with E-state index in [1.54, 1.807) is 36.4 Å².